The second kappa shape index (κ2) is 5.24. The summed E-state index contributed by atoms with van der Waals surface area (Å²) in [5, 5.41) is 10.1. The van der Waals surface area contributed by atoms with Gasteiger partial charge in [0.1, 0.15) is 0 Å². The molecule has 2 unspecified atom stereocenters. The van der Waals surface area contributed by atoms with Crippen molar-refractivity contribution in [3.63, 3.8) is 0 Å². The van der Waals surface area contributed by atoms with Crippen molar-refractivity contribution < 1.29 is 10.1 Å². The third-order valence-electron chi connectivity index (χ3n) is 2.17. The largest absolute Gasteiger partial charge is 0.751 e. The maximum Gasteiger partial charge on any atom is 0.0961 e. The number of nitrogens with one attached hydrogen (secondary N) is 1. The van der Waals surface area contributed by atoms with Gasteiger partial charge in [0, 0.05) is 6.54 Å². The Morgan fingerprint density at radius 1 is 1.71 bits per heavy atom. The first-order chi connectivity index (χ1) is 6.57. The predicted molar refractivity (Wildman–Crippen MR) is 59.1 cm³/mol. The van der Waals surface area contributed by atoms with Crippen LogP contribution in [0.2, 0.25) is 0 Å². The molecule has 1 aliphatic rings. The van der Waals surface area contributed by atoms with E-state index in [4.69, 9.17) is 30.1 Å². The van der Waals surface area contributed by atoms with Crippen molar-refractivity contribution in [1.82, 2.24) is 15.3 Å². The fourth-order valence-electron chi connectivity index (χ4n) is 1.48. The van der Waals surface area contributed by atoms with Gasteiger partial charge >= 0.3 is 0 Å². The average Bonchev–Trinajstić information content (AvgIpc) is 2.38. The summed E-state index contributed by atoms with van der Waals surface area (Å²) in [5.41, 5.74) is 2.84. The molecule has 0 amide bonds. The van der Waals surface area contributed by atoms with E-state index in [1.165, 1.54) is 0 Å². The number of thiocarbonyl (C=S) groups is 1. The molecule has 1 aliphatic heterocycles. The Morgan fingerprint density at radius 3 is 2.79 bits per heavy atom. The number of hydrogen-bond acceptors (Lipinski definition) is 6. The van der Waals surface area contributed by atoms with Gasteiger partial charge in [-0.3, -0.25) is 10.7 Å². The zero-order valence-electron chi connectivity index (χ0n) is 8.14. The van der Waals surface area contributed by atoms with Gasteiger partial charge in [0.05, 0.1) is 17.8 Å². The molecule has 82 valence electrons. The Kier molecular flexibility index (Phi) is 4.55. The molecule has 1 heterocycles. The molecular formula is C7H14N3O2S2-. The first-order valence-corrected chi connectivity index (χ1v) is 5.19. The smallest absolute Gasteiger partial charge is 0.0961 e. The minimum atomic E-state index is -0.221. The third-order valence-corrected chi connectivity index (χ3v) is 2.71. The van der Waals surface area contributed by atoms with E-state index < -0.39 is 0 Å². The van der Waals surface area contributed by atoms with Crippen LogP contribution < -0.4 is 5.43 Å². The van der Waals surface area contributed by atoms with Crippen molar-refractivity contribution in [2.45, 2.75) is 25.5 Å². The van der Waals surface area contributed by atoms with E-state index in [2.05, 4.69) is 10.3 Å². The van der Waals surface area contributed by atoms with Gasteiger partial charge in [0.25, 0.3) is 0 Å². The molecule has 0 radical (unpaired) electrons. The van der Waals surface area contributed by atoms with Gasteiger partial charge in [0.15, 0.2) is 0 Å². The Hall–Kier alpha value is 0.0800. The molecule has 1 rings (SSSR count). The summed E-state index contributed by atoms with van der Waals surface area (Å²) in [7, 11) is 0. The molecule has 14 heavy (non-hydrogen) atoms. The first-order valence-electron chi connectivity index (χ1n) is 4.32. The minimum Gasteiger partial charge on any atom is -0.751 e. The van der Waals surface area contributed by atoms with Crippen molar-refractivity contribution in [3.05, 3.63) is 0 Å². The van der Waals surface area contributed by atoms with Gasteiger partial charge in [-0.1, -0.05) is 12.2 Å². The second-order valence-electron chi connectivity index (χ2n) is 3.07. The highest BCUT2D eigenvalue weighted by Crippen LogP contribution is 2.15. The normalized spacial score (nSPS) is 28.4. The molecule has 0 aliphatic carbocycles. The Labute approximate surface area is 94.3 Å². The van der Waals surface area contributed by atoms with Crippen LogP contribution in [-0.4, -0.2) is 45.0 Å². The Morgan fingerprint density at radius 2 is 2.36 bits per heavy atom. The highest BCUT2D eigenvalue weighted by Gasteiger charge is 2.29. The van der Waals surface area contributed by atoms with Crippen molar-refractivity contribution in [1.29, 1.82) is 0 Å². The van der Waals surface area contributed by atoms with Crippen LogP contribution in [0.4, 0.5) is 0 Å². The lowest BCUT2D eigenvalue weighted by atomic mass is 10.4. The Bertz CT molecular complexity index is 217. The quantitative estimate of drug-likeness (QED) is 0.312. The van der Waals surface area contributed by atoms with Crippen molar-refractivity contribution in [3.8, 4) is 0 Å². The summed E-state index contributed by atoms with van der Waals surface area (Å²) in [5.74, 6) is 0. The first kappa shape index (κ1) is 12.2. The lowest BCUT2D eigenvalue weighted by Gasteiger charge is -2.32. The maximum absolute atomic E-state index is 8.23. The van der Waals surface area contributed by atoms with Crippen molar-refractivity contribution in [2.24, 2.45) is 0 Å². The molecule has 1 fully saturated rings. The second-order valence-corrected chi connectivity index (χ2v) is 4.10. The number of hydrogen-bond donors (Lipinski definition) is 2. The summed E-state index contributed by atoms with van der Waals surface area (Å²) < 4.78 is 0. The van der Waals surface area contributed by atoms with Crippen LogP contribution in [0.1, 0.15) is 13.8 Å². The molecule has 0 bridgehead atoms. The zero-order valence-corrected chi connectivity index (χ0v) is 9.77. The fraction of sp³-hybridized carbons (Fsp3) is 0.857. The van der Waals surface area contributed by atoms with Gasteiger partial charge in [-0.2, -0.15) is 0 Å². The van der Waals surface area contributed by atoms with E-state index in [0.717, 1.165) is 4.99 Å². The van der Waals surface area contributed by atoms with E-state index >= 15 is 0 Å². The molecule has 2 atom stereocenters. The number of nitrogens with zero attached hydrogens (tertiary/aromatic N) is 2. The van der Waals surface area contributed by atoms with Crippen LogP contribution in [0.3, 0.4) is 0 Å². The summed E-state index contributed by atoms with van der Waals surface area (Å²) >= 11 is 10.3. The monoisotopic (exact) mass is 236 g/mol. The number of rotatable bonds is 3. The highest BCUT2D eigenvalue weighted by atomic mass is 32.1. The summed E-state index contributed by atoms with van der Waals surface area (Å²) in [6, 6.07) is 0. The van der Waals surface area contributed by atoms with Crippen LogP contribution >= 0.6 is 12.2 Å². The van der Waals surface area contributed by atoms with Gasteiger partial charge in [-0.15, -0.1) is 0 Å². The molecule has 0 spiro atoms. The maximum atomic E-state index is 8.23. The summed E-state index contributed by atoms with van der Waals surface area (Å²) in [6.07, 6.45) is 0.0881. The lowest BCUT2D eigenvalue weighted by Crippen LogP contribution is -2.41. The topological polar surface area (TPSA) is 48.0 Å². The van der Waals surface area contributed by atoms with Gasteiger partial charge in [0.2, 0.25) is 0 Å². The summed E-state index contributed by atoms with van der Waals surface area (Å²) in [4.78, 5) is 6.70. The molecule has 0 aromatic heterocycles. The van der Waals surface area contributed by atoms with E-state index in [1.807, 2.05) is 23.8 Å². The average molecular weight is 236 g/mol. The fourth-order valence-corrected chi connectivity index (χ4v) is 2.27. The van der Waals surface area contributed by atoms with Crippen molar-refractivity contribution >= 4 is 29.8 Å². The van der Waals surface area contributed by atoms with E-state index in [9.17, 15) is 0 Å². The molecule has 2 N–H and O–H groups in total. The summed E-state index contributed by atoms with van der Waals surface area (Å²) in [6.45, 7) is 4.64. The molecule has 0 aromatic carbocycles. The van der Waals surface area contributed by atoms with E-state index in [1.54, 1.807) is 0 Å². The standard InChI is InChI=1S/C7H15N3O2S2/c1-5-9(3-4-12-11)8-7(14)10(5)6(2)13/h5,7-8,11,14H,3-4H2,1-2H3/p-1. The van der Waals surface area contributed by atoms with Crippen LogP contribution in [0, 0.1) is 0 Å². The van der Waals surface area contributed by atoms with Crippen LogP contribution in [-0.2, 0) is 17.5 Å². The molecule has 0 aromatic rings. The van der Waals surface area contributed by atoms with Crippen LogP contribution in [0.25, 0.3) is 0 Å². The van der Waals surface area contributed by atoms with Gasteiger partial charge in [-0.05, 0) is 19.3 Å². The highest BCUT2D eigenvalue weighted by molar-refractivity contribution is 7.80. The lowest BCUT2D eigenvalue weighted by molar-refractivity contribution is -0.245. The predicted octanol–water partition coefficient (Wildman–Crippen LogP) is 0.122. The van der Waals surface area contributed by atoms with Crippen LogP contribution in [0.5, 0.6) is 0 Å². The molecule has 7 heteroatoms. The van der Waals surface area contributed by atoms with Crippen molar-refractivity contribution in [2.75, 3.05) is 13.2 Å². The molecular weight excluding hydrogens is 222 g/mol. The van der Waals surface area contributed by atoms with Crippen LogP contribution in [0.15, 0.2) is 0 Å². The third kappa shape index (κ3) is 2.56. The Balaban J connectivity index is 2.55. The minimum absolute atomic E-state index is 0.0881. The van der Waals surface area contributed by atoms with Gasteiger partial charge in [-0.25, -0.2) is 9.90 Å². The SMILES string of the molecule is CC(=S)N1C([S-])NN(CCOO)C1C. The zero-order chi connectivity index (χ0) is 10.7. The van der Waals surface area contributed by atoms with E-state index in [0.29, 0.717) is 6.54 Å². The van der Waals surface area contributed by atoms with E-state index in [-0.39, 0.29) is 18.3 Å². The van der Waals surface area contributed by atoms with Gasteiger partial charge < -0.3 is 17.5 Å². The molecule has 5 nitrogen and oxygen atoms in total. The molecule has 0 saturated carbocycles. The number of hydrazine groups is 1. The molecule has 1 saturated heterocycles.